The highest BCUT2D eigenvalue weighted by Gasteiger charge is 2.17. The van der Waals surface area contributed by atoms with E-state index in [0.717, 1.165) is 25.0 Å². The molecule has 0 spiro atoms. The molecule has 5 heteroatoms. The number of nitrogens with zero attached hydrogens (tertiary/aromatic N) is 3. The number of carbonyl (C=O) groups is 1. The third-order valence-corrected chi connectivity index (χ3v) is 4.89. The molecule has 2 N–H and O–H groups in total. The van der Waals surface area contributed by atoms with Crippen molar-refractivity contribution in [1.82, 2.24) is 14.5 Å². The first-order chi connectivity index (χ1) is 12.6. The van der Waals surface area contributed by atoms with Gasteiger partial charge in [0.1, 0.15) is 6.54 Å². The molecule has 0 aliphatic carbocycles. The molecule has 1 amide bonds. The minimum atomic E-state index is -0.327. The quantitative estimate of drug-likeness (QED) is 0.678. The Bertz CT molecular complexity index is 872. The van der Waals surface area contributed by atoms with Gasteiger partial charge in [-0.1, -0.05) is 31.2 Å². The summed E-state index contributed by atoms with van der Waals surface area (Å²) in [7, 11) is 0. The summed E-state index contributed by atoms with van der Waals surface area (Å²) in [6.45, 7) is 6.32. The molecule has 0 saturated heterocycles. The second-order valence-electron chi connectivity index (χ2n) is 6.79. The second-order valence-corrected chi connectivity index (χ2v) is 6.79. The van der Waals surface area contributed by atoms with Crippen molar-refractivity contribution in [3.63, 3.8) is 0 Å². The maximum Gasteiger partial charge on any atom is 0.237 e. The minimum absolute atomic E-state index is 0.201. The Morgan fingerprint density at radius 1 is 1.23 bits per heavy atom. The molecule has 2 heterocycles. The molecule has 3 rings (SSSR count). The first kappa shape index (κ1) is 18.1. The average Bonchev–Trinajstić information content (AvgIpc) is 2.98. The lowest BCUT2D eigenvalue weighted by molar-refractivity contribution is -0.118. The molecule has 0 aliphatic rings. The van der Waals surface area contributed by atoms with Crippen LogP contribution in [0.2, 0.25) is 0 Å². The third kappa shape index (κ3) is 4.11. The molecule has 136 valence electrons. The standard InChI is InChI=1S/C21H26N4O/c1-3-16(2)24(12-17-7-6-10-23-11-17)13-18-14-25(15-21(22)26)20-9-5-4-8-19(18)20/h4-11,14,16H,3,12-13,15H2,1-2H3,(H2,22,26)/t16-/m1/s1. The fourth-order valence-electron chi connectivity index (χ4n) is 3.32. The van der Waals surface area contributed by atoms with Gasteiger partial charge in [-0.2, -0.15) is 0 Å². The predicted octanol–water partition coefficient (Wildman–Crippen LogP) is 3.32. The summed E-state index contributed by atoms with van der Waals surface area (Å²) in [5.74, 6) is -0.327. The van der Waals surface area contributed by atoms with E-state index in [1.54, 1.807) is 6.20 Å². The van der Waals surface area contributed by atoms with Crippen molar-refractivity contribution in [2.45, 2.75) is 45.9 Å². The zero-order chi connectivity index (χ0) is 18.5. The molecule has 1 atom stereocenters. The summed E-state index contributed by atoms with van der Waals surface area (Å²) >= 11 is 0. The van der Waals surface area contributed by atoms with Crippen LogP contribution < -0.4 is 5.73 Å². The van der Waals surface area contributed by atoms with Gasteiger partial charge in [-0.3, -0.25) is 14.7 Å². The molecule has 3 aromatic rings. The molecule has 0 radical (unpaired) electrons. The smallest absolute Gasteiger partial charge is 0.237 e. The Labute approximate surface area is 154 Å². The van der Waals surface area contributed by atoms with E-state index in [1.165, 1.54) is 16.5 Å². The molecule has 2 aromatic heterocycles. The number of hydrogen-bond donors (Lipinski definition) is 1. The molecule has 0 fully saturated rings. The Morgan fingerprint density at radius 3 is 2.73 bits per heavy atom. The molecule has 0 saturated carbocycles. The fourth-order valence-corrected chi connectivity index (χ4v) is 3.32. The number of benzene rings is 1. The molecule has 0 bridgehead atoms. The molecule has 0 aliphatic heterocycles. The summed E-state index contributed by atoms with van der Waals surface area (Å²) in [4.78, 5) is 18.1. The maximum atomic E-state index is 11.4. The zero-order valence-corrected chi connectivity index (χ0v) is 15.4. The van der Waals surface area contributed by atoms with Crippen LogP contribution in [-0.4, -0.2) is 26.4 Å². The van der Waals surface area contributed by atoms with Crippen LogP contribution in [0.25, 0.3) is 10.9 Å². The van der Waals surface area contributed by atoms with Crippen molar-refractivity contribution < 1.29 is 4.79 Å². The van der Waals surface area contributed by atoms with E-state index in [0.29, 0.717) is 6.04 Å². The van der Waals surface area contributed by atoms with E-state index in [-0.39, 0.29) is 12.5 Å². The number of para-hydroxylation sites is 1. The van der Waals surface area contributed by atoms with Crippen LogP contribution in [0.5, 0.6) is 0 Å². The van der Waals surface area contributed by atoms with Crippen LogP contribution in [0, 0.1) is 0 Å². The molecular formula is C21H26N4O. The largest absolute Gasteiger partial charge is 0.368 e. The van der Waals surface area contributed by atoms with Gasteiger partial charge in [0, 0.05) is 48.6 Å². The van der Waals surface area contributed by atoms with E-state index in [2.05, 4.69) is 42.1 Å². The Balaban J connectivity index is 1.92. The highest BCUT2D eigenvalue weighted by molar-refractivity contribution is 5.85. The van der Waals surface area contributed by atoms with Gasteiger partial charge in [-0.25, -0.2) is 0 Å². The number of nitrogens with two attached hydrogens (primary N) is 1. The first-order valence-electron chi connectivity index (χ1n) is 9.06. The number of aromatic nitrogens is 2. The summed E-state index contributed by atoms with van der Waals surface area (Å²) in [5.41, 5.74) is 8.89. The minimum Gasteiger partial charge on any atom is -0.368 e. The monoisotopic (exact) mass is 350 g/mol. The van der Waals surface area contributed by atoms with Crippen LogP contribution in [-0.2, 0) is 24.4 Å². The lowest BCUT2D eigenvalue weighted by atomic mass is 10.1. The third-order valence-electron chi connectivity index (χ3n) is 4.89. The van der Waals surface area contributed by atoms with Crippen LogP contribution in [0.15, 0.2) is 55.0 Å². The lowest BCUT2D eigenvalue weighted by Gasteiger charge is -2.28. The van der Waals surface area contributed by atoms with Crippen molar-refractivity contribution in [2.24, 2.45) is 5.73 Å². The summed E-state index contributed by atoms with van der Waals surface area (Å²) in [6, 6.07) is 12.7. The van der Waals surface area contributed by atoms with Gasteiger partial charge in [-0.15, -0.1) is 0 Å². The zero-order valence-electron chi connectivity index (χ0n) is 15.4. The van der Waals surface area contributed by atoms with E-state index < -0.39 is 0 Å². The number of rotatable bonds is 8. The summed E-state index contributed by atoms with van der Waals surface area (Å²) in [5, 5.41) is 1.17. The van der Waals surface area contributed by atoms with Crippen molar-refractivity contribution in [1.29, 1.82) is 0 Å². The van der Waals surface area contributed by atoms with Gasteiger partial charge in [-0.05, 0) is 36.6 Å². The van der Waals surface area contributed by atoms with Crippen molar-refractivity contribution in [2.75, 3.05) is 0 Å². The fraction of sp³-hybridized carbons (Fsp3) is 0.333. The normalized spacial score (nSPS) is 12.6. The molecule has 5 nitrogen and oxygen atoms in total. The van der Waals surface area contributed by atoms with Gasteiger partial charge >= 0.3 is 0 Å². The van der Waals surface area contributed by atoms with Gasteiger partial charge < -0.3 is 10.3 Å². The molecule has 26 heavy (non-hydrogen) atoms. The van der Waals surface area contributed by atoms with Crippen LogP contribution in [0.1, 0.15) is 31.4 Å². The second kappa shape index (κ2) is 8.15. The summed E-state index contributed by atoms with van der Waals surface area (Å²) in [6.07, 6.45) is 6.86. The van der Waals surface area contributed by atoms with Gasteiger partial charge in [0.15, 0.2) is 0 Å². The van der Waals surface area contributed by atoms with Crippen LogP contribution in [0.4, 0.5) is 0 Å². The molecule has 0 unspecified atom stereocenters. The summed E-state index contributed by atoms with van der Waals surface area (Å²) < 4.78 is 1.95. The van der Waals surface area contributed by atoms with Gasteiger partial charge in [0.2, 0.25) is 5.91 Å². The van der Waals surface area contributed by atoms with Crippen molar-refractivity contribution in [3.8, 4) is 0 Å². The van der Waals surface area contributed by atoms with E-state index in [4.69, 9.17) is 5.73 Å². The van der Waals surface area contributed by atoms with Gasteiger partial charge in [0.25, 0.3) is 0 Å². The topological polar surface area (TPSA) is 64.2 Å². The average molecular weight is 350 g/mol. The highest BCUT2D eigenvalue weighted by Crippen LogP contribution is 2.24. The number of pyridine rings is 1. The Morgan fingerprint density at radius 2 is 2.04 bits per heavy atom. The lowest BCUT2D eigenvalue weighted by Crippen LogP contribution is -2.31. The van der Waals surface area contributed by atoms with Gasteiger partial charge in [0.05, 0.1) is 0 Å². The van der Waals surface area contributed by atoms with Crippen LogP contribution >= 0.6 is 0 Å². The number of carbonyl (C=O) groups excluding carboxylic acids is 1. The maximum absolute atomic E-state index is 11.4. The first-order valence-corrected chi connectivity index (χ1v) is 9.06. The van der Waals surface area contributed by atoms with E-state index in [1.807, 2.05) is 35.0 Å². The highest BCUT2D eigenvalue weighted by atomic mass is 16.1. The number of fused-ring (bicyclic) bond motifs is 1. The molecule has 1 aromatic carbocycles. The number of primary amides is 1. The SMILES string of the molecule is CC[C@@H](C)N(Cc1cccnc1)Cc1cn(CC(N)=O)c2ccccc12. The number of hydrogen-bond acceptors (Lipinski definition) is 3. The predicted molar refractivity (Wildman–Crippen MR) is 104 cm³/mol. The van der Waals surface area contributed by atoms with Crippen molar-refractivity contribution in [3.05, 3.63) is 66.1 Å². The Kier molecular flexibility index (Phi) is 5.68. The van der Waals surface area contributed by atoms with E-state index in [9.17, 15) is 4.79 Å². The Hall–Kier alpha value is -2.66. The van der Waals surface area contributed by atoms with Crippen LogP contribution in [0.3, 0.4) is 0 Å². The molecular weight excluding hydrogens is 324 g/mol. The van der Waals surface area contributed by atoms with Crippen molar-refractivity contribution >= 4 is 16.8 Å². The number of amides is 1. The van der Waals surface area contributed by atoms with E-state index >= 15 is 0 Å².